The van der Waals surface area contributed by atoms with Crippen LogP contribution < -0.4 is 29.4 Å². The molecule has 42 nitrogen and oxygen atoms in total. The second-order valence-corrected chi connectivity index (χ2v) is 32.9. The van der Waals surface area contributed by atoms with Crippen LogP contribution in [0.4, 0.5) is 34.9 Å². The molecule has 6 saturated heterocycles. The summed E-state index contributed by atoms with van der Waals surface area (Å²) in [4.78, 5) is 169. The minimum atomic E-state index is -3.28. The Morgan fingerprint density at radius 1 is 0.348 bits per heavy atom. The van der Waals surface area contributed by atoms with Gasteiger partial charge in [0.25, 0.3) is 39.0 Å². The third kappa shape index (κ3) is 24.0. The minimum Gasteiger partial charge on any atom is -0.354 e. The van der Waals surface area contributed by atoms with Crippen LogP contribution in [0.5, 0.6) is 0 Å². The van der Waals surface area contributed by atoms with E-state index in [1.807, 2.05) is 11.8 Å². The van der Waals surface area contributed by atoms with Gasteiger partial charge < -0.3 is 118 Å². The predicted molar refractivity (Wildman–Crippen MR) is 542 cm³/mol. The Labute approximate surface area is 884 Å². The van der Waals surface area contributed by atoms with E-state index in [-0.39, 0.29) is 171 Å². The number of aryl methyl sites for hydroxylation is 3. The van der Waals surface area contributed by atoms with Crippen molar-refractivity contribution in [1.29, 1.82) is 0 Å². The zero-order chi connectivity index (χ0) is 140. The van der Waals surface area contributed by atoms with Gasteiger partial charge in [-0.05, 0) is 131 Å². The Morgan fingerprint density at radius 2 is 0.617 bits per heavy atom. The molecule has 0 radical (unpaired) electrons. The van der Waals surface area contributed by atoms with Crippen molar-refractivity contribution in [2.45, 2.75) is 137 Å². The number of H-pyrrole nitrogens is 6. The molecule has 6 fully saturated rings. The summed E-state index contributed by atoms with van der Waals surface area (Å²) >= 11 is 0. The van der Waals surface area contributed by atoms with Crippen molar-refractivity contribution in [3.63, 3.8) is 0 Å². The van der Waals surface area contributed by atoms with E-state index in [0.717, 1.165) is 14.7 Å². The van der Waals surface area contributed by atoms with Crippen LogP contribution in [0, 0.1) is 95.6 Å². The van der Waals surface area contributed by atoms with E-state index in [9.17, 15) is 28.8 Å². The molecule has 0 saturated carbocycles. The number of hydrogen-bond acceptors (Lipinski definition) is 24. The van der Waals surface area contributed by atoms with Gasteiger partial charge in [0.05, 0.1) is 76.7 Å². The molecule has 0 spiro atoms. The van der Waals surface area contributed by atoms with Gasteiger partial charge in [-0.15, -0.1) is 0 Å². The summed E-state index contributed by atoms with van der Waals surface area (Å²) in [6.07, 6.45) is 1.64. The number of carbonyl (C=O) groups excluding carboxylic acids is 6. The standard InChI is InChI=1S/3C17H22N6O.3C16H20N6O/c3*1-11-5-6-23(15(24)8-18-3)9-14(11)22(4)17-13-7-12(2)21-16(13)19-10-20-17;3*1-11-5-7-22(14(23)8-17-2)9-13(11)21(3)16-12-4-6-18-15(12)19-10-20-16/h3*7,10-11,14H,5-6,8-9H2,1-2,4H3,(H,19,20,21);3*4,6,10-11,13H,5,7-9H2,1,3H3,(H,18,19,20)/t3*11-,14+;3*11-,13+/m111111/s1/i7D,8D2,10D,11D;1D3,7D,8D2,10D;7D,8D2,10D;1D3,3D3,8D2,10D,11D,13D;3D3,8D2,10D,11D,13D;1D3,3D3,8D2,10D,13D. The second-order valence-electron chi connectivity index (χ2n) is 32.9. The van der Waals surface area contributed by atoms with Gasteiger partial charge in [0.2, 0.25) is 0 Å². The predicted octanol–water partition coefficient (Wildman–Crippen LogP) is 10.2. The molecule has 42 heteroatoms. The first-order valence-corrected chi connectivity index (χ1v) is 43.4. The molecule has 6 N–H and O–H groups in total. The zero-order valence-electron chi connectivity index (χ0n) is 123. The molecule has 12 atom stereocenters. The number of fused-ring (bicyclic) bond motifs is 6. The smallest absolute Gasteiger partial charge is 0.302 e. The molecular formula is C99H126N36O6. The van der Waals surface area contributed by atoms with E-state index < -0.39 is 239 Å². The first kappa shape index (κ1) is 58.2. The van der Waals surface area contributed by atoms with Gasteiger partial charge >= 0.3 is 35.4 Å². The van der Waals surface area contributed by atoms with Crippen LogP contribution in [0.3, 0.4) is 0 Å². The summed E-state index contributed by atoms with van der Waals surface area (Å²) in [6.45, 7) is 14.6. The van der Waals surface area contributed by atoms with Crippen molar-refractivity contribution in [3.8, 4) is 0 Å². The number of likely N-dealkylation sites (N-methyl/N-ethyl adjacent to an activating group) is 6. The lowest BCUT2D eigenvalue weighted by Gasteiger charge is -2.41. The molecule has 12 aromatic rings. The van der Waals surface area contributed by atoms with Gasteiger partial charge in [-0.2, -0.15) is 0 Å². The first-order valence-electron chi connectivity index (χ1n) is 65.9. The summed E-state index contributed by atoms with van der Waals surface area (Å²) < 4.78 is 362. The lowest BCUT2D eigenvalue weighted by atomic mass is 9.92. The molecule has 738 valence electrons. The molecule has 12 aromatic heterocycles. The van der Waals surface area contributed by atoms with Crippen LogP contribution in [0.2, 0.25) is 0 Å². The fraction of sp³-hybridized carbons (Fsp3) is 0.515. The summed E-state index contributed by atoms with van der Waals surface area (Å²) in [6, 6.07) is -4.54. The normalized spacial score (nSPS) is 29.9. The van der Waals surface area contributed by atoms with E-state index >= 15 is 0 Å². The lowest BCUT2D eigenvalue weighted by molar-refractivity contribution is -0.131. The third-order valence-corrected chi connectivity index (χ3v) is 24.2. The van der Waals surface area contributed by atoms with Gasteiger partial charge in [0.1, 0.15) is 131 Å². The van der Waals surface area contributed by atoms with Crippen molar-refractivity contribution < 1.29 is 90.5 Å². The van der Waals surface area contributed by atoms with E-state index in [2.05, 4.69) is 119 Å². The number of nitrogens with one attached hydrogen (secondary N) is 6. The molecule has 0 bridgehead atoms. The molecule has 0 unspecified atom stereocenters. The average Bonchev–Trinajstić information content (AvgIpc) is 0.916. The molecule has 141 heavy (non-hydrogen) atoms. The number of aromatic amines is 6. The number of nitrogens with zero attached hydrogens (tertiary/aromatic N) is 30. The largest absolute Gasteiger partial charge is 0.354 e. The molecule has 6 aliphatic rings. The van der Waals surface area contributed by atoms with Gasteiger partial charge in [-0.25, -0.2) is 99.2 Å². The van der Waals surface area contributed by atoms with Crippen LogP contribution in [0.25, 0.3) is 95.3 Å². The highest BCUT2D eigenvalue weighted by molar-refractivity contribution is 5.93. The Hall–Kier alpha value is -15.7. The quantitative estimate of drug-likeness (QED) is 0.0435. The van der Waals surface area contributed by atoms with E-state index in [0.29, 0.717) is 88.7 Å². The Balaban J connectivity index is 0.000000181. The molecule has 18 heterocycles. The number of aromatic nitrogens is 18. The number of anilines is 6. The molecule has 0 aromatic carbocycles. The van der Waals surface area contributed by atoms with Crippen molar-refractivity contribution in [2.75, 3.05) is 189 Å². The molecule has 18 rings (SSSR count). The Kier molecular flexibility index (Phi) is 19.4. The van der Waals surface area contributed by atoms with E-state index in [4.69, 9.17) is 101 Å². The highest BCUT2D eigenvalue weighted by atomic mass is 16.2. The van der Waals surface area contributed by atoms with Gasteiger partial charge in [0, 0.05) is 185 Å². The number of rotatable bonds is 18. The van der Waals surface area contributed by atoms with Gasteiger partial charge in [0.15, 0.2) is 0 Å². The summed E-state index contributed by atoms with van der Waals surface area (Å²) in [5.74, 6) is -14.7. The SMILES string of the molecule is [2H]c1nc(N(C([2H])([2H])[2H])[C@@]2([2H])CN(C(=O)C([2H])([2H])[N+]#[C-])CC[C@@]2([2H])C([2H])([2H])[2H])c2cc[nH]c2n1.[2H]c1nc(N(C([2H])([2H])[2H])[C@@]2([2H])CN(C(=O)C([2H])([2H])[N+]#[C-])CC[C@@]2([2H])C)c2cc[nH]c2n1.[2H]c1nc(N(C([2H])([2H])[2H])[C@@]2([2H])CN(C(=O)C([2H])([2H])[N+]#[C-])CC[C@H]2C([2H])([2H])[2H])c2cc[nH]c2n1.[2H]c1nc(N(C)[C@H]2CN(C(=O)C([2H])([2H])[N+]#[C-])CC[C@@]2([2H])C)c2c([2H])c(C)[nH]c2n1.[2H]c1nc(N(C)[C@H]2CN(C(=O)C([2H])([2H])[N+]#[C-])CC[C@H]2C([2H])([2H])[2H])c2c([2H])c(C)[nH]c2n1.[2H]c1nc(N(C)[C@H]2CN(C(=O)C([2H])([2H])[N+]#[C-])CC[C@H]2C)c2c([2H])c(C)[nH]c2n1. The number of amides is 6. The molecule has 6 aliphatic heterocycles. The fourth-order valence-electron chi connectivity index (χ4n) is 16.6. The minimum absolute atomic E-state index is 0.0110. The van der Waals surface area contributed by atoms with Gasteiger partial charge in [-0.3, -0.25) is 28.8 Å². The number of carbonyl (C=O) groups is 6. The van der Waals surface area contributed by atoms with Crippen LogP contribution >= 0.6 is 0 Å². The van der Waals surface area contributed by atoms with Crippen LogP contribution in [0.1, 0.15) is 159 Å². The van der Waals surface area contributed by atoms with Crippen LogP contribution in [-0.4, -0.2) is 350 Å². The van der Waals surface area contributed by atoms with Crippen molar-refractivity contribution in [2.24, 2.45) is 35.4 Å². The highest BCUT2D eigenvalue weighted by Crippen LogP contribution is 2.37. The lowest BCUT2D eigenvalue weighted by Crippen LogP contribution is -2.53. The molecular weight excluding hydrogens is 1790 g/mol. The zero-order valence-corrected chi connectivity index (χ0v) is 77.5. The topological polar surface area (TPSA) is 417 Å². The summed E-state index contributed by atoms with van der Waals surface area (Å²) in [5, 5.41) is 1.65. The van der Waals surface area contributed by atoms with Gasteiger partial charge in [-0.1, -0.05) is 41.3 Å². The number of hydrogen-bond donors (Lipinski definition) is 6. The Bertz CT molecular complexity index is 8970. The fourth-order valence-corrected chi connectivity index (χ4v) is 16.6. The van der Waals surface area contributed by atoms with Crippen molar-refractivity contribution in [1.82, 2.24) is 119 Å². The average molecular weight is 1960 g/mol. The Morgan fingerprint density at radius 3 is 0.957 bits per heavy atom. The number of piperidine rings is 6. The third-order valence-electron chi connectivity index (χ3n) is 24.2. The maximum atomic E-state index is 12.7. The second kappa shape index (κ2) is 47.1. The summed E-state index contributed by atoms with van der Waals surface area (Å²) in [7, 11) is 5.05. The molecule has 0 aliphatic carbocycles. The first-order chi connectivity index (χ1) is 85.3. The highest BCUT2D eigenvalue weighted by Gasteiger charge is 2.41. The van der Waals surface area contributed by atoms with E-state index in [1.54, 1.807) is 53.7 Å². The van der Waals surface area contributed by atoms with Crippen molar-refractivity contribution in [3.05, 3.63) is 178 Å². The summed E-state index contributed by atoms with van der Waals surface area (Å²) in [5.41, 5.74) is 3.08. The van der Waals surface area contributed by atoms with Crippen molar-refractivity contribution >= 4 is 137 Å². The monoisotopic (exact) mass is 1960 g/mol. The number of likely N-dealkylation sites (tertiary alicyclic amines) is 6. The molecule has 6 amide bonds. The maximum Gasteiger partial charge on any atom is 0.302 e. The van der Waals surface area contributed by atoms with Crippen LogP contribution in [-0.2, 0) is 28.8 Å². The van der Waals surface area contributed by atoms with E-state index in [1.165, 1.54) is 58.4 Å². The van der Waals surface area contributed by atoms with Crippen LogP contribution in [0.15, 0.2) is 92.7 Å². The maximum absolute atomic E-state index is 12.7.